The number of nitrogens with one attached hydrogen (secondary N) is 1. The Hall–Kier alpha value is -1.90. The van der Waals surface area contributed by atoms with Crippen molar-refractivity contribution in [1.29, 1.82) is 0 Å². The van der Waals surface area contributed by atoms with Crippen molar-refractivity contribution in [3.05, 3.63) is 33.3 Å². The van der Waals surface area contributed by atoms with Crippen LogP contribution in [0.5, 0.6) is 0 Å². The highest BCUT2D eigenvalue weighted by Gasteiger charge is 2.26. The molecule has 2 rings (SSSR count). The summed E-state index contributed by atoms with van der Waals surface area (Å²) in [5.41, 5.74) is -0.218. The molecule has 132 valence electrons. The minimum absolute atomic E-state index is 0. The fraction of sp³-hybridized carbons (Fsp3) is 0.429. The number of hydrogen-bond donors (Lipinski definition) is 2. The van der Waals surface area contributed by atoms with Gasteiger partial charge in [-0.1, -0.05) is 11.6 Å². The molecule has 8 nitrogen and oxygen atoms in total. The SMILES string of the molecule is Cl.O=C(CN1CCCC(C(=O)O)C1)Nc1ccc(Cl)cc1[N+](=O)[O-]. The molecule has 0 aromatic heterocycles. The van der Waals surface area contributed by atoms with Crippen molar-refractivity contribution in [2.45, 2.75) is 12.8 Å². The van der Waals surface area contributed by atoms with E-state index >= 15 is 0 Å². The quantitative estimate of drug-likeness (QED) is 0.601. The Kier molecular flexibility index (Phi) is 7.40. The molecule has 1 amide bonds. The average Bonchev–Trinajstić information content (AvgIpc) is 2.49. The van der Waals surface area contributed by atoms with Crippen LogP contribution in [0.1, 0.15) is 12.8 Å². The number of carboxylic acid groups (broad SMARTS) is 1. The molecule has 1 aromatic carbocycles. The van der Waals surface area contributed by atoms with Gasteiger partial charge in [0.25, 0.3) is 5.69 Å². The zero-order valence-electron chi connectivity index (χ0n) is 12.6. The highest BCUT2D eigenvalue weighted by Crippen LogP contribution is 2.27. The lowest BCUT2D eigenvalue weighted by Gasteiger charge is -2.29. The highest BCUT2D eigenvalue weighted by molar-refractivity contribution is 6.31. The zero-order chi connectivity index (χ0) is 17.0. The number of halogens is 2. The van der Waals surface area contributed by atoms with Crippen molar-refractivity contribution in [1.82, 2.24) is 4.90 Å². The third-order valence-corrected chi connectivity index (χ3v) is 3.89. The molecule has 0 spiro atoms. The summed E-state index contributed by atoms with van der Waals surface area (Å²) >= 11 is 5.72. The zero-order valence-corrected chi connectivity index (χ0v) is 14.2. The number of benzene rings is 1. The number of rotatable bonds is 5. The van der Waals surface area contributed by atoms with Crippen LogP contribution in [0.3, 0.4) is 0 Å². The Bertz CT molecular complexity index is 641. The number of aliphatic carboxylic acids is 1. The maximum atomic E-state index is 12.1. The summed E-state index contributed by atoms with van der Waals surface area (Å²) in [6, 6.07) is 3.98. The number of carbonyl (C=O) groups is 2. The van der Waals surface area contributed by atoms with Crippen molar-refractivity contribution >= 4 is 47.3 Å². The van der Waals surface area contributed by atoms with Gasteiger partial charge in [-0.25, -0.2) is 0 Å². The van der Waals surface area contributed by atoms with E-state index in [0.29, 0.717) is 25.9 Å². The van der Waals surface area contributed by atoms with E-state index in [1.165, 1.54) is 18.2 Å². The average molecular weight is 378 g/mol. The van der Waals surface area contributed by atoms with E-state index in [4.69, 9.17) is 16.7 Å². The van der Waals surface area contributed by atoms with Crippen molar-refractivity contribution < 1.29 is 19.6 Å². The summed E-state index contributed by atoms with van der Waals surface area (Å²) in [6.45, 7) is 0.912. The molecule has 1 atom stereocenters. The largest absolute Gasteiger partial charge is 0.481 e. The Labute approximate surface area is 149 Å². The predicted octanol–water partition coefficient (Wildman–Crippen LogP) is 2.41. The molecular weight excluding hydrogens is 361 g/mol. The molecule has 0 saturated carbocycles. The fourth-order valence-corrected chi connectivity index (χ4v) is 2.72. The van der Waals surface area contributed by atoms with Gasteiger partial charge in [0.2, 0.25) is 5.91 Å². The number of nitro benzene ring substituents is 1. The Morgan fingerprint density at radius 1 is 1.46 bits per heavy atom. The van der Waals surface area contributed by atoms with Crippen LogP contribution in [0.25, 0.3) is 0 Å². The van der Waals surface area contributed by atoms with E-state index in [9.17, 15) is 19.7 Å². The number of anilines is 1. The summed E-state index contributed by atoms with van der Waals surface area (Å²) in [7, 11) is 0. The second kappa shape index (κ2) is 8.81. The van der Waals surface area contributed by atoms with Gasteiger partial charge in [0.1, 0.15) is 5.69 Å². The topological polar surface area (TPSA) is 113 Å². The van der Waals surface area contributed by atoms with Crippen LogP contribution in [0.2, 0.25) is 5.02 Å². The summed E-state index contributed by atoms with van der Waals surface area (Å²) < 4.78 is 0. The number of carboxylic acids is 1. The monoisotopic (exact) mass is 377 g/mol. The third-order valence-electron chi connectivity index (χ3n) is 3.65. The van der Waals surface area contributed by atoms with E-state index in [1.54, 1.807) is 4.90 Å². The van der Waals surface area contributed by atoms with Crippen LogP contribution in [-0.2, 0) is 9.59 Å². The smallest absolute Gasteiger partial charge is 0.307 e. The number of hydrogen-bond acceptors (Lipinski definition) is 5. The molecule has 1 aliphatic rings. The molecular formula is C14H17Cl2N3O5. The number of piperidine rings is 1. The van der Waals surface area contributed by atoms with E-state index in [2.05, 4.69) is 5.32 Å². The molecule has 0 bridgehead atoms. The minimum Gasteiger partial charge on any atom is -0.481 e. The summed E-state index contributed by atoms with van der Waals surface area (Å²) in [5.74, 6) is -1.79. The summed E-state index contributed by atoms with van der Waals surface area (Å²) in [5, 5.41) is 22.7. The van der Waals surface area contributed by atoms with Gasteiger partial charge >= 0.3 is 5.97 Å². The standard InChI is InChI=1S/C14H16ClN3O5.ClH/c15-10-3-4-11(12(6-10)18(22)23)16-13(19)8-17-5-1-2-9(7-17)14(20)21;/h3-4,6,9H,1-2,5,7-8H2,(H,16,19)(H,20,21);1H. The lowest BCUT2D eigenvalue weighted by Crippen LogP contribution is -2.42. The molecule has 1 fully saturated rings. The van der Waals surface area contributed by atoms with Gasteiger partial charge in [-0.15, -0.1) is 12.4 Å². The first kappa shape index (κ1) is 20.1. The van der Waals surface area contributed by atoms with E-state index in [0.717, 1.165) is 0 Å². The van der Waals surface area contributed by atoms with Crippen LogP contribution < -0.4 is 5.32 Å². The number of amides is 1. The lowest BCUT2D eigenvalue weighted by molar-refractivity contribution is -0.383. The van der Waals surface area contributed by atoms with E-state index in [1.807, 2.05) is 0 Å². The lowest BCUT2D eigenvalue weighted by atomic mass is 9.98. The summed E-state index contributed by atoms with van der Waals surface area (Å²) in [6.07, 6.45) is 1.29. The van der Waals surface area contributed by atoms with Gasteiger partial charge in [0.05, 0.1) is 17.4 Å². The van der Waals surface area contributed by atoms with Gasteiger partial charge in [0.15, 0.2) is 0 Å². The predicted molar refractivity (Wildman–Crippen MR) is 90.8 cm³/mol. The van der Waals surface area contributed by atoms with Crippen LogP contribution in [0, 0.1) is 16.0 Å². The van der Waals surface area contributed by atoms with Crippen molar-refractivity contribution in [2.75, 3.05) is 25.0 Å². The second-order valence-electron chi connectivity index (χ2n) is 5.38. The highest BCUT2D eigenvalue weighted by atomic mass is 35.5. The van der Waals surface area contributed by atoms with Gasteiger partial charge in [-0.2, -0.15) is 0 Å². The van der Waals surface area contributed by atoms with Crippen LogP contribution in [0.15, 0.2) is 18.2 Å². The molecule has 1 aromatic rings. The fourth-order valence-electron chi connectivity index (χ4n) is 2.56. The van der Waals surface area contributed by atoms with E-state index in [-0.39, 0.29) is 35.3 Å². The van der Waals surface area contributed by atoms with Gasteiger partial charge in [-0.05, 0) is 31.5 Å². The first-order valence-electron chi connectivity index (χ1n) is 7.06. The molecule has 0 radical (unpaired) electrons. The van der Waals surface area contributed by atoms with Crippen molar-refractivity contribution in [3.63, 3.8) is 0 Å². The van der Waals surface area contributed by atoms with E-state index < -0.39 is 22.7 Å². The normalized spacial score (nSPS) is 17.6. The van der Waals surface area contributed by atoms with Crippen LogP contribution in [0.4, 0.5) is 11.4 Å². The Morgan fingerprint density at radius 3 is 2.79 bits per heavy atom. The minimum atomic E-state index is -0.872. The van der Waals surface area contributed by atoms with Crippen molar-refractivity contribution in [3.8, 4) is 0 Å². The number of nitro groups is 1. The first-order chi connectivity index (χ1) is 10.9. The molecule has 0 aliphatic carbocycles. The molecule has 24 heavy (non-hydrogen) atoms. The summed E-state index contributed by atoms with van der Waals surface area (Å²) in [4.78, 5) is 35.2. The molecule has 1 unspecified atom stereocenters. The third kappa shape index (κ3) is 5.33. The molecule has 1 heterocycles. The van der Waals surface area contributed by atoms with Crippen LogP contribution >= 0.6 is 24.0 Å². The van der Waals surface area contributed by atoms with Gasteiger partial charge < -0.3 is 10.4 Å². The van der Waals surface area contributed by atoms with Crippen LogP contribution in [-0.4, -0.2) is 46.4 Å². The van der Waals surface area contributed by atoms with Gasteiger partial charge in [-0.3, -0.25) is 24.6 Å². The second-order valence-corrected chi connectivity index (χ2v) is 5.82. The Morgan fingerprint density at radius 2 is 2.17 bits per heavy atom. The number of nitrogens with zero attached hydrogens (tertiary/aromatic N) is 2. The molecule has 2 N–H and O–H groups in total. The molecule has 10 heteroatoms. The number of carbonyl (C=O) groups excluding carboxylic acids is 1. The maximum absolute atomic E-state index is 12.1. The Balaban J connectivity index is 0.00000288. The molecule has 1 saturated heterocycles. The maximum Gasteiger partial charge on any atom is 0.307 e. The van der Waals surface area contributed by atoms with Crippen molar-refractivity contribution in [2.24, 2.45) is 5.92 Å². The van der Waals surface area contributed by atoms with Gasteiger partial charge in [0, 0.05) is 17.6 Å². The number of likely N-dealkylation sites (tertiary alicyclic amines) is 1. The molecule has 1 aliphatic heterocycles. The first-order valence-corrected chi connectivity index (χ1v) is 7.43.